The molecule has 29 heavy (non-hydrogen) atoms. The van der Waals surface area contributed by atoms with E-state index in [1.165, 1.54) is 0 Å². The Morgan fingerprint density at radius 2 is 1.79 bits per heavy atom. The van der Waals surface area contributed by atoms with Gasteiger partial charge in [-0.1, -0.05) is 61.9 Å². The minimum absolute atomic E-state index is 0.00494. The van der Waals surface area contributed by atoms with E-state index in [0.717, 1.165) is 35.9 Å². The molecule has 1 aliphatic rings. The molecule has 5 heteroatoms. The molecule has 1 aromatic heterocycles. The molecule has 0 radical (unpaired) electrons. The summed E-state index contributed by atoms with van der Waals surface area (Å²) in [5.41, 5.74) is 2.78. The van der Waals surface area contributed by atoms with Crippen LogP contribution in [-0.2, 0) is 11.3 Å². The molecule has 2 aromatic carbocycles. The number of para-hydroxylation sites is 1. The van der Waals surface area contributed by atoms with Crippen molar-refractivity contribution in [3.63, 3.8) is 0 Å². The second kappa shape index (κ2) is 8.52. The van der Waals surface area contributed by atoms with Crippen LogP contribution in [0.15, 0.2) is 60.8 Å². The van der Waals surface area contributed by atoms with Gasteiger partial charge in [0.15, 0.2) is 0 Å². The highest BCUT2D eigenvalue weighted by Gasteiger charge is 2.38. The Balaban J connectivity index is 1.40. The van der Waals surface area contributed by atoms with Crippen molar-refractivity contribution in [3.05, 3.63) is 71.9 Å². The van der Waals surface area contributed by atoms with Crippen LogP contribution in [-0.4, -0.2) is 46.2 Å². The lowest BCUT2D eigenvalue weighted by Gasteiger charge is -2.40. The zero-order valence-electron chi connectivity index (χ0n) is 16.8. The number of rotatable bonds is 7. The maximum atomic E-state index is 13.1. The molecular weight excluding hydrogens is 362 g/mol. The van der Waals surface area contributed by atoms with E-state index in [1.54, 1.807) is 11.1 Å². The molecule has 0 aliphatic carbocycles. The first-order chi connectivity index (χ1) is 14.2. The van der Waals surface area contributed by atoms with Gasteiger partial charge >= 0.3 is 0 Å². The van der Waals surface area contributed by atoms with Gasteiger partial charge in [0.25, 0.3) is 5.91 Å². The van der Waals surface area contributed by atoms with Crippen molar-refractivity contribution in [1.82, 2.24) is 14.8 Å². The van der Waals surface area contributed by atoms with E-state index in [-0.39, 0.29) is 17.7 Å². The average Bonchev–Trinajstić information content (AvgIpc) is 3.14. The first-order valence-electron chi connectivity index (χ1n) is 10.4. The summed E-state index contributed by atoms with van der Waals surface area (Å²) in [5.74, 6) is 0.0460. The predicted molar refractivity (Wildman–Crippen MR) is 114 cm³/mol. The molecule has 1 N–H and O–H groups in total. The van der Waals surface area contributed by atoms with Gasteiger partial charge in [-0.15, -0.1) is 0 Å². The van der Waals surface area contributed by atoms with Gasteiger partial charge in [-0.3, -0.25) is 9.59 Å². The lowest BCUT2D eigenvalue weighted by molar-refractivity contribution is -0.140. The largest absolute Gasteiger partial charge is 0.360 e. The third-order valence-corrected chi connectivity index (χ3v) is 5.65. The van der Waals surface area contributed by atoms with Crippen molar-refractivity contribution < 1.29 is 9.59 Å². The number of amides is 2. The fourth-order valence-electron chi connectivity index (χ4n) is 3.90. The fourth-order valence-corrected chi connectivity index (χ4v) is 3.90. The zero-order chi connectivity index (χ0) is 20.2. The van der Waals surface area contributed by atoms with Gasteiger partial charge in [0.05, 0.1) is 11.5 Å². The molecule has 1 aliphatic heterocycles. The predicted octanol–water partition coefficient (Wildman–Crippen LogP) is 4.07. The molecule has 1 fully saturated rings. The van der Waals surface area contributed by atoms with Gasteiger partial charge in [-0.05, 0) is 18.1 Å². The van der Waals surface area contributed by atoms with E-state index in [4.69, 9.17) is 0 Å². The monoisotopic (exact) mass is 389 g/mol. The Hall–Kier alpha value is -3.08. The van der Waals surface area contributed by atoms with Crippen LogP contribution in [0.4, 0.5) is 0 Å². The molecule has 0 saturated carbocycles. The molecule has 150 valence electrons. The van der Waals surface area contributed by atoms with Crippen LogP contribution in [0.1, 0.15) is 35.7 Å². The third kappa shape index (κ3) is 4.04. The topological polar surface area (TPSA) is 56.4 Å². The average molecular weight is 389 g/mol. The van der Waals surface area contributed by atoms with E-state index in [1.807, 2.05) is 47.4 Å². The second-order valence-corrected chi connectivity index (χ2v) is 7.75. The van der Waals surface area contributed by atoms with E-state index in [9.17, 15) is 9.59 Å². The summed E-state index contributed by atoms with van der Waals surface area (Å²) in [6.45, 7) is 4.52. The van der Waals surface area contributed by atoms with Crippen molar-refractivity contribution in [1.29, 1.82) is 0 Å². The van der Waals surface area contributed by atoms with Crippen LogP contribution >= 0.6 is 0 Å². The van der Waals surface area contributed by atoms with Gasteiger partial charge in [-0.25, -0.2) is 0 Å². The number of benzene rings is 2. The summed E-state index contributed by atoms with van der Waals surface area (Å²) in [7, 11) is 0. The van der Waals surface area contributed by atoms with E-state index in [2.05, 4.69) is 24.0 Å². The Morgan fingerprint density at radius 3 is 2.55 bits per heavy atom. The third-order valence-electron chi connectivity index (χ3n) is 5.65. The number of aromatic amines is 1. The van der Waals surface area contributed by atoms with Gasteiger partial charge in [0.2, 0.25) is 5.91 Å². The lowest BCUT2D eigenvalue weighted by atomic mass is 9.96. The van der Waals surface area contributed by atoms with E-state index in [0.29, 0.717) is 25.2 Å². The highest BCUT2D eigenvalue weighted by molar-refractivity contribution is 6.07. The summed E-state index contributed by atoms with van der Waals surface area (Å²) < 4.78 is 0. The summed E-state index contributed by atoms with van der Waals surface area (Å²) in [5, 5.41) is 0.931. The number of likely N-dealkylation sites (tertiary alicyclic amines) is 1. The number of hydrogen-bond donors (Lipinski definition) is 1. The molecule has 1 saturated heterocycles. The summed E-state index contributed by atoms with van der Waals surface area (Å²) in [6.07, 6.45) is 3.81. The van der Waals surface area contributed by atoms with E-state index < -0.39 is 0 Å². The van der Waals surface area contributed by atoms with Crippen molar-refractivity contribution >= 4 is 22.7 Å². The zero-order valence-corrected chi connectivity index (χ0v) is 16.8. The molecule has 4 rings (SSSR count). The number of hydrogen-bond acceptors (Lipinski definition) is 2. The Morgan fingerprint density at radius 1 is 1.07 bits per heavy atom. The molecule has 0 atom stereocenters. The van der Waals surface area contributed by atoms with E-state index >= 15 is 0 Å². The lowest BCUT2D eigenvalue weighted by Crippen LogP contribution is -2.56. The van der Waals surface area contributed by atoms with Crippen molar-refractivity contribution in [2.45, 2.75) is 26.3 Å². The number of carbonyl (C=O) groups excluding carboxylic acids is 2. The van der Waals surface area contributed by atoms with Crippen molar-refractivity contribution in [2.75, 3.05) is 19.6 Å². The first-order valence-corrected chi connectivity index (χ1v) is 10.4. The van der Waals surface area contributed by atoms with Gasteiger partial charge in [-0.2, -0.15) is 0 Å². The summed E-state index contributed by atoms with van der Waals surface area (Å²) in [4.78, 5) is 32.9. The second-order valence-electron chi connectivity index (χ2n) is 7.75. The quantitative estimate of drug-likeness (QED) is 0.662. The molecule has 0 unspecified atom stereocenters. The standard InChI is InChI=1S/C24H27N3O2/c1-2-3-13-26(15-18-9-5-4-6-10-18)23(28)19-16-27(17-19)24(29)21-14-25-22-12-8-7-11-20(21)22/h4-12,14,19,25H,2-3,13,15-17H2,1H3. The smallest absolute Gasteiger partial charge is 0.256 e. The Labute approximate surface area is 171 Å². The number of nitrogens with zero attached hydrogens (tertiary/aromatic N) is 2. The van der Waals surface area contributed by atoms with Crippen LogP contribution in [0, 0.1) is 5.92 Å². The molecular formula is C24H27N3O2. The highest BCUT2D eigenvalue weighted by Crippen LogP contribution is 2.25. The Kier molecular flexibility index (Phi) is 5.65. The number of aromatic nitrogens is 1. The molecule has 0 bridgehead atoms. The van der Waals surface area contributed by atoms with Gasteiger partial charge < -0.3 is 14.8 Å². The fraction of sp³-hybridized carbons (Fsp3) is 0.333. The Bertz CT molecular complexity index is 990. The SMILES string of the molecule is CCCCN(Cc1ccccc1)C(=O)C1CN(C(=O)c2c[nH]c3ccccc23)C1. The van der Waals surface area contributed by atoms with Gasteiger partial charge in [0.1, 0.15) is 0 Å². The van der Waals surface area contributed by atoms with Crippen molar-refractivity contribution in [3.8, 4) is 0 Å². The van der Waals surface area contributed by atoms with Crippen LogP contribution in [0.2, 0.25) is 0 Å². The summed E-state index contributed by atoms with van der Waals surface area (Å²) >= 11 is 0. The molecule has 5 nitrogen and oxygen atoms in total. The summed E-state index contributed by atoms with van der Waals surface area (Å²) in [6, 6.07) is 17.9. The number of H-pyrrole nitrogens is 1. The van der Waals surface area contributed by atoms with Crippen LogP contribution in [0.5, 0.6) is 0 Å². The maximum absolute atomic E-state index is 13.1. The molecule has 2 amide bonds. The molecule has 0 spiro atoms. The van der Waals surface area contributed by atoms with Gasteiger partial charge in [0, 0.05) is 43.3 Å². The first kappa shape index (κ1) is 19.2. The normalized spacial score (nSPS) is 14.0. The van der Waals surface area contributed by atoms with Crippen LogP contribution in [0.3, 0.4) is 0 Å². The molecule has 2 heterocycles. The minimum atomic E-state index is -0.107. The highest BCUT2D eigenvalue weighted by atomic mass is 16.2. The maximum Gasteiger partial charge on any atom is 0.256 e. The molecule has 3 aromatic rings. The number of carbonyl (C=O) groups is 2. The number of nitrogens with one attached hydrogen (secondary N) is 1. The van der Waals surface area contributed by atoms with Crippen LogP contribution in [0.25, 0.3) is 10.9 Å². The number of unbranched alkanes of at least 4 members (excludes halogenated alkanes) is 1. The van der Waals surface area contributed by atoms with Crippen LogP contribution < -0.4 is 0 Å². The minimum Gasteiger partial charge on any atom is -0.360 e. The van der Waals surface area contributed by atoms with Crippen molar-refractivity contribution in [2.24, 2.45) is 5.92 Å². The number of fused-ring (bicyclic) bond motifs is 1.